The van der Waals surface area contributed by atoms with Crippen molar-refractivity contribution in [2.75, 3.05) is 14.1 Å². The molecule has 0 aliphatic rings. The Labute approximate surface area is 177 Å². The second-order valence-electron chi connectivity index (χ2n) is 6.61. The third-order valence-electron chi connectivity index (χ3n) is 4.62. The van der Waals surface area contributed by atoms with Crippen LogP contribution in [0, 0.1) is 0 Å². The van der Waals surface area contributed by atoms with Gasteiger partial charge in [-0.15, -0.1) is 0 Å². The Morgan fingerprint density at radius 3 is 2.50 bits per heavy atom. The highest BCUT2D eigenvalue weighted by atomic mass is 32.2. The molecular weight excluding hydrogens is 400 g/mol. The summed E-state index contributed by atoms with van der Waals surface area (Å²) in [5.41, 5.74) is 3.17. The smallest absolute Gasteiger partial charge is 0.240 e. The van der Waals surface area contributed by atoms with Gasteiger partial charge in [-0.05, 0) is 41.9 Å². The maximum atomic E-state index is 12.0. The minimum absolute atomic E-state index is 0.236. The summed E-state index contributed by atoms with van der Waals surface area (Å²) in [4.78, 5) is 4.49. The van der Waals surface area contributed by atoms with Gasteiger partial charge in [0, 0.05) is 32.5 Å². The number of nitrogens with zero attached hydrogens (tertiary/aromatic N) is 3. The van der Waals surface area contributed by atoms with E-state index < -0.39 is 10.0 Å². The first kappa shape index (κ1) is 21.5. The van der Waals surface area contributed by atoms with Crippen molar-refractivity contribution in [1.82, 2.24) is 25.1 Å². The molecule has 0 aliphatic heterocycles. The van der Waals surface area contributed by atoms with Crippen LogP contribution < -0.4 is 15.4 Å². The number of aromatic nitrogens is 2. The van der Waals surface area contributed by atoms with Crippen LogP contribution in [0.5, 0.6) is 0 Å². The van der Waals surface area contributed by atoms with Crippen molar-refractivity contribution in [3.8, 4) is 0 Å². The fourth-order valence-corrected chi connectivity index (χ4v) is 3.78. The van der Waals surface area contributed by atoms with Crippen molar-refractivity contribution in [3.63, 3.8) is 0 Å². The maximum Gasteiger partial charge on any atom is 0.240 e. The number of sulfonamides is 1. The molecule has 0 amide bonds. The highest BCUT2D eigenvalue weighted by Gasteiger charge is 2.11. The second kappa shape index (κ2) is 10.0. The number of hydrogen-bond acceptors (Lipinski definition) is 4. The van der Waals surface area contributed by atoms with E-state index in [0.29, 0.717) is 25.6 Å². The first-order valence-corrected chi connectivity index (χ1v) is 11.0. The predicted molar refractivity (Wildman–Crippen MR) is 117 cm³/mol. The normalized spacial score (nSPS) is 12.0. The van der Waals surface area contributed by atoms with Crippen LogP contribution in [0.25, 0.3) is 0 Å². The van der Waals surface area contributed by atoms with Gasteiger partial charge in [-0.3, -0.25) is 9.67 Å². The number of guanidine groups is 1. The summed E-state index contributed by atoms with van der Waals surface area (Å²) in [6, 6.07) is 16.9. The van der Waals surface area contributed by atoms with E-state index in [2.05, 4.69) is 37.6 Å². The van der Waals surface area contributed by atoms with Crippen LogP contribution in [0.3, 0.4) is 0 Å². The molecule has 1 aromatic heterocycles. The van der Waals surface area contributed by atoms with E-state index in [9.17, 15) is 8.42 Å². The van der Waals surface area contributed by atoms with Crippen molar-refractivity contribution in [3.05, 3.63) is 83.7 Å². The Bertz CT molecular complexity index is 1090. The first-order chi connectivity index (χ1) is 14.5. The second-order valence-corrected chi connectivity index (χ2v) is 8.49. The highest BCUT2D eigenvalue weighted by Crippen LogP contribution is 2.12. The van der Waals surface area contributed by atoms with E-state index in [1.165, 1.54) is 12.6 Å². The summed E-state index contributed by atoms with van der Waals surface area (Å²) < 4.78 is 28.2. The SMILES string of the molecule is CN=C(NCc1cccc(S(=O)(=O)NC)c1)NCc1ccccc1Cn1cccn1. The van der Waals surface area contributed by atoms with Crippen LogP contribution in [-0.4, -0.2) is 38.3 Å². The van der Waals surface area contributed by atoms with Gasteiger partial charge in [-0.1, -0.05) is 36.4 Å². The number of nitrogens with one attached hydrogen (secondary N) is 3. The van der Waals surface area contributed by atoms with Crippen LogP contribution in [0.15, 0.2) is 76.9 Å². The molecule has 0 bridgehead atoms. The summed E-state index contributed by atoms with van der Waals surface area (Å²) in [5.74, 6) is 0.630. The molecule has 9 heteroatoms. The zero-order valence-electron chi connectivity index (χ0n) is 17.0. The summed E-state index contributed by atoms with van der Waals surface area (Å²) in [6.45, 7) is 1.75. The average Bonchev–Trinajstić information content (AvgIpc) is 3.28. The topological polar surface area (TPSA) is 100 Å². The van der Waals surface area contributed by atoms with Gasteiger partial charge >= 0.3 is 0 Å². The van der Waals surface area contributed by atoms with E-state index in [1.807, 2.05) is 35.1 Å². The fourth-order valence-electron chi connectivity index (χ4n) is 2.98. The molecule has 158 valence electrons. The zero-order chi connectivity index (χ0) is 21.4. The lowest BCUT2D eigenvalue weighted by molar-refractivity contribution is 0.588. The first-order valence-electron chi connectivity index (χ1n) is 9.53. The molecule has 3 N–H and O–H groups in total. The molecule has 30 heavy (non-hydrogen) atoms. The predicted octanol–water partition coefficient (Wildman–Crippen LogP) is 1.70. The van der Waals surface area contributed by atoms with Crippen LogP contribution >= 0.6 is 0 Å². The molecule has 0 fully saturated rings. The molecule has 0 unspecified atom stereocenters. The van der Waals surface area contributed by atoms with E-state index in [4.69, 9.17) is 0 Å². The van der Waals surface area contributed by atoms with Crippen molar-refractivity contribution >= 4 is 16.0 Å². The maximum absolute atomic E-state index is 12.0. The molecule has 3 rings (SSSR count). The van der Waals surface area contributed by atoms with Crippen LogP contribution in [0.2, 0.25) is 0 Å². The monoisotopic (exact) mass is 426 g/mol. The molecule has 0 aliphatic carbocycles. The lowest BCUT2D eigenvalue weighted by atomic mass is 10.1. The summed E-state index contributed by atoms with van der Waals surface area (Å²) >= 11 is 0. The van der Waals surface area contributed by atoms with Crippen LogP contribution in [0.1, 0.15) is 16.7 Å². The zero-order valence-corrected chi connectivity index (χ0v) is 17.9. The van der Waals surface area contributed by atoms with Crippen molar-refractivity contribution in [1.29, 1.82) is 0 Å². The van der Waals surface area contributed by atoms with Gasteiger partial charge in [0.2, 0.25) is 10.0 Å². The third kappa shape index (κ3) is 5.68. The summed E-state index contributed by atoms with van der Waals surface area (Å²) in [7, 11) is -0.368. The highest BCUT2D eigenvalue weighted by molar-refractivity contribution is 7.89. The van der Waals surface area contributed by atoms with Crippen molar-refractivity contribution < 1.29 is 8.42 Å². The fraction of sp³-hybridized carbons (Fsp3) is 0.238. The molecule has 0 saturated heterocycles. The third-order valence-corrected chi connectivity index (χ3v) is 6.03. The summed E-state index contributed by atoms with van der Waals surface area (Å²) in [6.07, 6.45) is 3.70. The summed E-state index contributed by atoms with van der Waals surface area (Å²) in [5, 5.41) is 10.8. The Morgan fingerprint density at radius 2 is 1.80 bits per heavy atom. The van der Waals surface area contributed by atoms with Gasteiger partial charge in [0.1, 0.15) is 0 Å². The standard InChI is InChI=1S/C21H26N6O2S/c1-22-21(24-14-17-7-5-10-20(13-17)30(28,29)23-2)25-15-18-8-3-4-9-19(18)16-27-12-6-11-26-27/h3-13,23H,14-16H2,1-2H3,(H2,22,24,25). The lowest BCUT2D eigenvalue weighted by Crippen LogP contribution is -2.36. The van der Waals surface area contributed by atoms with Gasteiger partial charge in [0.15, 0.2) is 5.96 Å². The molecule has 3 aromatic rings. The van der Waals surface area contributed by atoms with E-state index in [1.54, 1.807) is 31.4 Å². The van der Waals surface area contributed by atoms with Gasteiger partial charge in [-0.2, -0.15) is 5.10 Å². The molecule has 2 aromatic carbocycles. The molecule has 0 atom stereocenters. The Morgan fingerprint density at radius 1 is 1.03 bits per heavy atom. The Balaban J connectivity index is 1.61. The van der Waals surface area contributed by atoms with Gasteiger partial charge in [0.25, 0.3) is 0 Å². The Hall–Kier alpha value is -3.17. The van der Waals surface area contributed by atoms with Crippen LogP contribution in [0.4, 0.5) is 0 Å². The minimum atomic E-state index is -3.47. The van der Waals surface area contributed by atoms with Gasteiger partial charge < -0.3 is 10.6 Å². The average molecular weight is 427 g/mol. The molecule has 0 radical (unpaired) electrons. The quantitative estimate of drug-likeness (QED) is 0.376. The molecule has 0 saturated carbocycles. The number of rotatable bonds is 8. The minimum Gasteiger partial charge on any atom is -0.352 e. The van der Waals surface area contributed by atoms with Crippen LogP contribution in [-0.2, 0) is 29.7 Å². The number of hydrogen-bond donors (Lipinski definition) is 3. The van der Waals surface area contributed by atoms with Gasteiger partial charge in [0.05, 0.1) is 11.4 Å². The lowest BCUT2D eigenvalue weighted by Gasteiger charge is -2.15. The number of aliphatic imine (C=N–C) groups is 1. The van der Waals surface area contributed by atoms with Crippen molar-refractivity contribution in [2.45, 2.75) is 24.5 Å². The van der Waals surface area contributed by atoms with E-state index in [-0.39, 0.29) is 4.90 Å². The largest absolute Gasteiger partial charge is 0.352 e. The molecule has 1 heterocycles. The molecule has 0 spiro atoms. The molecule has 8 nitrogen and oxygen atoms in total. The van der Waals surface area contributed by atoms with E-state index >= 15 is 0 Å². The Kier molecular flexibility index (Phi) is 7.21. The van der Waals surface area contributed by atoms with Crippen molar-refractivity contribution in [2.24, 2.45) is 4.99 Å². The number of benzene rings is 2. The van der Waals surface area contributed by atoms with E-state index in [0.717, 1.165) is 11.1 Å². The van der Waals surface area contributed by atoms with Gasteiger partial charge in [-0.25, -0.2) is 13.1 Å². The molecular formula is C21H26N6O2S.